The van der Waals surface area contributed by atoms with Gasteiger partial charge in [0.05, 0.1) is 22.3 Å². The fraction of sp³-hybridized carbons (Fsp3) is 0.0312. The predicted molar refractivity (Wildman–Crippen MR) is 280 cm³/mol. The van der Waals surface area contributed by atoms with E-state index >= 15 is 0 Å². The number of nitrogens with zero attached hydrogens (tertiary/aromatic N) is 2. The summed E-state index contributed by atoms with van der Waals surface area (Å²) in [5, 5.41) is 6.13. The van der Waals surface area contributed by atoms with Crippen molar-refractivity contribution in [1.29, 1.82) is 0 Å². The second kappa shape index (κ2) is 14.8. The van der Waals surface area contributed by atoms with Gasteiger partial charge in [-0.1, -0.05) is 189 Å². The largest absolute Gasteiger partial charge is 0.310 e. The van der Waals surface area contributed by atoms with Crippen molar-refractivity contribution in [1.82, 2.24) is 4.57 Å². The maximum Gasteiger partial charge on any atom is 0.0726 e. The number of fused-ring (bicyclic) bond motifs is 11. The number of benzene rings is 10. The molecule has 2 aliphatic carbocycles. The Kier molecular flexibility index (Phi) is 8.53. The molecule has 0 saturated heterocycles. The smallest absolute Gasteiger partial charge is 0.0726 e. The topological polar surface area (TPSA) is 8.17 Å². The lowest BCUT2D eigenvalue weighted by molar-refractivity contribution is 0.773. The highest BCUT2D eigenvalue weighted by molar-refractivity contribution is 6.09. The maximum atomic E-state index is 4.34. The summed E-state index contributed by atoms with van der Waals surface area (Å²) < 4.78 is 2.34. The van der Waals surface area contributed by atoms with Gasteiger partial charge in [0.1, 0.15) is 0 Å². The molecule has 0 radical (unpaired) electrons. The van der Waals surface area contributed by atoms with Crippen molar-refractivity contribution in [3.8, 4) is 39.1 Å². The Balaban J connectivity index is 1.14. The van der Waals surface area contributed by atoms with Gasteiger partial charge in [-0.3, -0.25) is 0 Å². The molecule has 1 aromatic heterocycles. The fourth-order valence-electron chi connectivity index (χ4n) is 11.7. The molecule has 0 bridgehead atoms. The van der Waals surface area contributed by atoms with Gasteiger partial charge in [-0.15, -0.1) is 0 Å². The second-order valence-corrected chi connectivity index (χ2v) is 17.5. The average molecular weight is 841 g/mol. The van der Waals surface area contributed by atoms with Crippen LogP contribution in [0.3, 0.4) is 0 Å². The van der Waals surface area contributed by atoms with E-state index in [4.69, 9.17) is 0 Å². The van der Waals surface area contributed by atoms with Crippen molar-refractivity contribution in [2.75, 3.05) is 4.90 Å². The standard InChI is InChI=1S/C64H44N2/c1-3-19-51-54-40-46(37-39-61(54)66(59(51)4-2)45-26-9-6-10-27-45)65(60-35-17-23-42-22-11-12-28-48(42)60)47-36-38-53-58(41-47)64(57-34-18-30-49(63(53)57)43-20-7-5-8-21-43)55-32-14-13-29-50(55)52-31-15-24-44-25-16-33-56(64)62(44)52/h3-41H,2H2,1H3/b19-3-. The average Bonchev–Trinajstić information content (AvgIpc) is 3.85. The first-order valence-electron chi connectivity index (χ1n) is 22.9. The molecular weight excluding hydrogens is 797 g/mol. The lowest BCUT2D eigenvalue weighted by Gasteiger charge is -2.40. The molecule has 2 aliphatic rings. The second-order valence-electron chi connectivity index (χ2n) is 17.5. The summed E-state index contributed by atoms with van der Waals surface area (Å²) in [7, 11) is 0. The molecule has 10 aromatic carbocycles. The lowest BCUT2D eigenvalue weighted by Crippen LogP contribution is -2.32. The van der Waals surface area contributed by atoms with Crippen LogP contribution in [-0.2, 0) is 5.41 Å². The third kappa shape index (κ3) is 5.30. The molecule has 1 unspecified atom stereocenters. The SMILES string of the molecule is C=Cc1c(/C=C\C)c2cc(N(c3ccc4c(c3)C3(c5ccccc5-c5cccc6cccc3c56)c3cccc(-c5ccccc5)c3-4)c3cccc4ccccc34)ccc2n1-c1ccccc1. The summed E-state index contributed by atoms with van der Waals surface area (Å²) in [6.07, 6.45) is 6.35. The Bertz CT molecular complexity index is 3790. The summed E-state index contributed by atoms with van der Waals surface area (Å²) in [6, 6.07) is 81.2. The van der Waals surface area contributed by atoms with Crippen LogP contribution in [0.4, 0.5) is 17.1 Å². The van der Waals surface area contributed by atoms with E-state index in [0.717, 1.165) is 44.9 Å². The van der Waals surface area contributed by atoms with Crippen LogP contribution in [0.2, 0.25) is 0 Å². The Morgan fingerprint density at radius 1 is 0.485 bits per heavy atom. The number of para-hydroxylation sites is 1. The van der Waals surface area contributed by atoms with Gasteiger partial charge in [0.25, 0.3) is 0 Å². The summed E-state index contributed by atoms with van der Waals surface area (Å²) in [5.41, 5.74) is 20.0. The summed E-state index contributed by atoms with van der Waals surface area (Å²) in [4.78, 5) is 2.49. The first-order valence-corrected chi connectivity index (χ1v) is 22.9. The minimum absolute atomic E-state index is 0.602. The molecule has 0 amide bonds. The van der Waals surface area contributed by atoms with Crippen LogP contribution >= 0.6 is 0 Å². The predicted octanol–water partition coefficient (Wildman–Crippen LogP) is 17.1. The zero-order valence-electron chi connectivity index (χ0n) is 36.6. The molecule has 13 rings (SSSR count). The van der Waals surface area contributed by atoms with Gasteiger partial charge in [0.15, 0.2) is 0 Å². The number of allylic oxidation sites excluding steroid dienone is 1. The molecule has 2 nitrogen and oxygen atoms in total. The van der Waals surface area contributed by atoms with E-state index in [1.165, 1.54) is 77.2 Å². The lowest BCUT2D eigenvalue weighted by atomic mass is 9.61. The van der Waals surface area contributed by atoms with Crippen molar-refractivity contribution in [2.45, 2.75) is 12.3 Å². The van der Waals surface area contributed by atoms with Crippen LogP contribution in [0.25, 0.3) is 83.7 Å². The normalized spacial score (nSPS) is 14.5. The van der Waals surface area contributed by atoms with Crippen LogP contribution in [0.1, 0.15) is 40.4 Å². The summed E-state index contributed by atoms with van der Waals surface area (Å²) >= 11 is 0. The van der Waals surface area contributed by atoms with E-state index in [1.807, 2.05) is 6.08 Å². The van der Waals surface area contributed by atoms with Gasteiger partial charge in [-0.05, 0) is 133 Å². The van der Waals surface area contributed by atoms with Crippen molar-refractivity contribution < 1.29 is 0 Å². The van der Waals surface area contributed by atoms with E-state index in [0.29, 0.717) is 0 Å². The zero-order valence-corrected chi connectivity index (χ0v) is 36.6. The van der Waals surface area contributed by atoms with Gasteiger partial charge in [-0.25, -0.2) is 0 Å². The van der Waals surface area contributed by atoms with Gasteiger partial charge in [0.2, 0.25) is 0 Å². The molecule has 2 heteroatoms. The third-order valence-corrected chi connectivity index (χ3v) is 14.3. The van der Waals surface area contributed by atoms with Crippen LogP contribution in [0.5, 0.6) is 0 Å². The first kappa shape index (κ1) is 38.0. The highest BCUT2D eigenvalue weighted by atomic mass is 15.1. The molecule has 66 heavy (non-hydrogen) atoms. The molecule has 11 aromatic rings. The van der Waals surface area contributed by atoms with Crippen molar-refractivity contribution >= 4 is 61.7 Å². The minimum Gasteiger partial charge on any atom is -0.310 e. The minimum atomic E-state index is -0.602. The van der Waals surface area contributed by atoms with Crippen LogP contribution in [0.15, 0.2) is 231 Å². The molecule has 0 N–H and O–H groups in total. The Morgan fingerprint density at radius 3 is 1.97 bits per heavy atom. The Morgan fingerprint density at radius 2 is 1.12 bits per heavy atom. The number of hydrogen-bond donors (Lipinski definition) is 0. The maximum absolute atomic E-state index is 4.34. The van der Waals surface area contributed by atoms with Gasteiger partial charge < -0.3 is 9.47 Å². The molecule has 0 fully saturated rings. The molecular formula is C64H44N2. The summed E-state index contributed by atoms with van der Waals surface area (Å²) in [5.74, 6) is 0. The van der Waals surface area contributed by atoms with Crippen LogP contribution in [0, 0.1) is 0 Å². The van der Waals surface area contributed by atoms with Crippen LogP contribution < -0.4 is 4.90 Å². The molecule has 310 valence electrons. The van der Waals surface area contributed by atoms with Crippen LogP contribution in [-0.4, -0.2) is 4.57 Å². The quantitative estimate of drug-likeness (QED) is 0.155. The van der Waals surface area contributed by atoms with E-state index in [1.54, 1.807) is 0 Å². The zero-order chi connectivity index (χ0) is 43.9. The van der Waals surface area contributed by atoms with Crippen molar-refractivity contribution in [2.24, 2.45) is 0 Å². The van der Waals surface area contributed by atoms with Gasteiger partial charge >= 0.3 is 0 Å². The molecule has 0 saturated carbocycles. The number of anilines is 3. The number of hydrogen-bond acceptors (Lipinski definition) is 1. The van der Waals surface area contributed by atoms with E-state index in [9.17, 15) is 0 Å². The van der Waals surface area contributed by atoms with E-state index < -0.39 is 5.41 Å². The van der Waals surface area contributed by atoms with Crippen molar-refractivity contribution in [3.05, 3.63) is 265 Å². The summed E-state index contributed by atoms with van der Waals surface area (Å²) in [6.45, 7) is 6.43. The third-order valence-electron chi connectivity index (χ3n) is 14.3. The number of aromatic nitrogens is 1. The molecule has 1 atom stereocenters. The monoisotopic (exact) mass is 840 g/mol. The molecule has 0 aliphatic heterocycles. The van der Waals surface area contributed by atoms with Gasteiger partial charge in [-0.2, -0.15) is 0 Å². The fourth-order valence-corrected chi connectivity index (χ4v) is 11.7. The first-order chi connectivity index (χ1) is 32.7. The molecule has 1 heterocycles. The molecule has 1 spiro atoms. The number of rotatable bonds is 7. The highest BCUT2D eigenvalue weighted by Crippen LogP contribution is 2.64. The Hall–Kier alpha value is -8.46. The highest BCUT2D eigenvalue weighted by Gasteiger charge is 2.51. The van der Waals surface area contributed by atoms with Crippen molar-refractivity contribution in [3.63, 3.8) is 0 Å². The van der Waals surface area contributed by atoms with E-state index in [2.05, 4.69) is 254 Å². The Labute approximate surface area is 385 Å². The van der Waals surface area contributed by atoms with Gasteiger partial charge in [0, 0.05) is 33.4 Å². The van der Waals surface area contributed by atoms with E-state index in [-0.39, 0.29) is 0 Å².